The molecule has 0 aromatic carbocycles. The first-order valence-electron chi connectivity index (χ1n) is 15.6. The maximum absolute atomic E-state index is 13.4. The summed E-state index contributed by atoms with van der Waals surface area (Å²) in [6, 6.07) is 0. The molecule has 7 aliphatic rings. The Morgan fingerprint density at radius 1 is 0.651 bits per heavy atom. The number of hydrogen-bond acceptors (Lipinski definition) is 5. The normalized spacial score (nSPS) is 45.7. The van der Waals surface area contributed by atoms with E-state index in [2.05, 4.69) is 13.8 Å². The molecule has 1 aliphatic heterocycles. The van der Waals surface area contributed by atoms with Crippen LogP contribution in [-0.2, 0) is 23.8 Å². The van der Waals surface area contributed by atoms with Gasteiger partial charge in [0.2, 0.25) is 0 Å². The minimum Gasteiger partial charge on any atom is -0.463 e. The van der Waals surface area contributed by atoms with E-state index in [-0.39, 0.29) is 74.4 Å². The van der Waals surface area contributed by atoms with Gasteiger partial charge in [-0.1, -0.05) is 58.4 Å². The summed E-state index contributed by atoms with van der Waals surface area (Å²) in [4.78, 5) is 26.7. The van der Waals surface area contributed by atoms with E-state index in [0.29, 0.717) is 54.0 Å². The van der Waals surface area contributed by atoms with Crippen LogP contribution < -0.4 is 0 Å². The van der Waals surface area contributed by atoms with Gasteiger partial charge < -0.3 is 14.2 Å². The van der Waals surface area contributed by atoms with Crippen molar-refractivity contribution in [2.24, 2.45) is 82.9 Å². The lowest BCUT2D eigenvalue weighted by molar-refractivity contribution is -0.164. The predicted octanol–water partition coefficient (Wildman–Crippen LogP) is 9.57. The summed E-state index contributed by atoms with van der Waals surface area (Å²) >= 11 is 0. The van der Waals surface area contributed by atoms with E-state index in [1.807, 2.05) is 20.8 Å². The second-order valence-corrected chi connectivity index (χ2v) is 15.5. The van der Waals surface area contributed by atoms with Gasteiger partial charge >= 0.3 is 11.9 Å². The fraction of sp³-hybridized carbons (Fsp3) is 0.947. The molecule has 0 aromatic heterocycles. The van der Waals surface area contributed by atoms with Gasteiger partial charge in [0.15, 0.2) is 0 Å². The zero-order valence-corrected chi connectivity index (χ0v) is 23.6. The van der Waals surface area contributed by atoms with Gasteiger partial charge in [-0.2, -0.15) is 0 Å². The molecule has 43 heavy (non-hydrogen) atoms. The van der Waals surface area contributed by atoms with Crippen molar-refractivity contribution in [1.29, 1.82) is 0 Å². The van der Waals surface area contributed by atoms with Crippen molar-refractivity contribution in [3.8, 4) is 0 Å². The molecule has 5 heteroatoms. The minimum absolute atomic E-state index is 0. The van der Waals surface area contributed by atoms with Crippen LogP contribution in [0.2, 0.25) is 0 Å². The maximum Gasteiger partial charge on any atom is 0.309 e. The molecule has 0 aromatic rings. The fourth-order valence-corrected chi connectivity index (χ4v) is 11.5. The van der Waals surface area contributed by atoms with Crippen molar-refractivity contribution in [3.63, 3.8) is 0 Å². The predicted molar refractivity (Wildman–Crippen MR) is 179 cm³/mol. The number of carbonyl (C=O) groups excluding carboxylic acids is 2. The topological polar surface area (TPSA) is 65.1 Å². The molecule has 7 fully saturated rings. The Labute approximate surface area is 267 Å². The Balaban J connectivity index is 0.00000154. The molecule has 1 saturated heterocycles. The van der Waals surface area contributed by atoms with Crippen LogP contribution in [0.25, 0.3) is 0 Å². The monoisotopic (exact) mass is 609 g/mol. The van der Waals surface area contributed by atoms with Crippen molar-refractivity contribution >= 4 is 11.9 Å². The third-order valence-electron chi connectivity index (χ3n) is 12.7. The van der Waals surface area contributed by atoms with E-state index in [1.165, 1.54) is 32.1 Å². The van der Waals surface area contributed by atoms with Gasteiger partial charge in [0.25, 0.3) is 0 Å². The molecule has 254 valence electrons. The van der Waals surface area contributed by atoms with Gasteiger partial charge in [0.1, 0.15) is 18.3 Å². The van der Waals surface area contributed by atoms with E-state index in [1.54, 1.807) is 0 Å². The minimum atomic E-state index is -0.424. The highest BCUT2D eigenvalue weighted by Gasteiger charge is 2.66. The van der Waals surface area contributed by atoms with Crippen LogP contribution in [-0.4, -0.2) is 36.9 Å². The molecular formula is C38H72O5. The smallest absolute Gasteiger partial charge is 0.309 e. The summed E-state index contributed by atoms with van der Waals surface area (Å²) in [6.45, 7) is 12.2. The lowest BCUT2D eigenvalue weighted by Crippen LogP contribution is -2.47. The molecule has 0 amide bonds. The molecule has 0 spiro atoms. The Hall–Kier alpha value is -1.10. The van der Waals surface area contributed by atoms with Crippen LogP contribution in [0.3, 0.4) is 0 Å². The summed E-state index contributed by atoms with van der Waals surface area (Å²) in [5.74, 6) is 8.31. The Morgan fingerprint density at radius 2 is 1.19 bits per heavy atom. The molecular weight excluding hydrogens is 536 g/mol. The molecule has 7 rings (SSSR count). The van der Waals surface area contributed by atoms with Gasteiger partial charge in [-0.25, -0.2) is 0 Å². The summed E-state index contributed by atoms with van der Waals surface area (Å²) in [7, 11) is 0. The molecule has 0 N–H and O–H groups in total. The van der Waals surface area contributed by atoms with Gasteiger partial charge in [-0.05, 0) is 137 Å². The number of rotatable bonds is 6. The van der Waals surface area contributed by atoms with Crippen LogP contribution in [0.4, 0.5) is 0 Å². The third kappa shape index (κ3) is 6.59. The van der Waals surface area contributed by atoms with Crippen molar-refractivity contribution in [1.82, 2.24) is 0 Å². The third-order valence-corrected chi connectivity index (χ3v) is 12.7. The summed E-state index contributed by atoms with van der Waals surface area (Å²) in [5, 5.41) is 0. The van der Waals surface area contributed by atoms with Crippen molar-refractivity contribution in [2.45, 2.75) is 136 Å². The van der Waals surface area contributed by atoms with E-state index < -0.39 is 5.60 Å². The molecule has 6 saturated carbocycles. The van der Waals surface area contributed by atoms with Gasteiger partial charge in [0.05, 0.1) is 18.4 Å². The van der Waals surface area contributed by atoms with Crippen molar-refractivity contribution < 1.29 is 23.8 Å². The first-order chi connectivity index (χ1) is 17.6. The van der Waals surface area contributed by atoms with Crippen LogP contribution in [0.5, 0.6) is 0 Å². The number of hydrogen-bond donors (Lipinski definition) is 0. The summed E-state index contributed by atoms with van der Waals surface area (Å²) in [6.07, 6.45) is 8.77. The standard InChI is InChI=1S/C32H48O5.6CH4/c1-15-17-6-7-18(8-17)26(15)29-23-11-20(12-24(23)30(33)36-14-21-13-35-21)28(29)27-16(2)19-9-22(27)25(10-19)31(34)37-32(3,4)5;;;;;;/h15-29H,6-14H2,1-5H3;6*1H4. The second-order valence-electron chi connectivity index (χ2n) is 15.5. The second kappa shape index (κ2) is 14.1. The number of esters is 2. The highest BCUT2D eigenvalue weighted by molar-refractivity contribution is 5.74. The first kappa shape index (κ1) is 39.9. The van der Waals surface area contributed by atoms with Gasteiger partial charge in [-0.3, -0.25) is 9.59 Å². The summed E-state index contributed by atoms with van der Waals surface area (Å²) in [5.41, 5.74) is -0.424. The SMILES string of the molecule is C.C.C.C.C.C.CC1C2CCC(C2)C1C1C2CC(CC2C(=O)OCC2CO2)C1C1C(C)C2CC(C(=O)OC(C)(C)C)C1C2. The quantitative estimate of drug-likeness (QED) is 0.222. The summed E-state index contributed by atoms with van der Waals surface area (Å²) < 4.78 is 17.1. The lowest BCUT2D eigenvalue weighted by Gasteiger charge is -2.49. The number of epoxide rings is 1. The average Bonchev–Trinajstić information content (AvgIpc) is 3.35. The molecule has 5 nitrogen and oxygen atoms in total. The van der Waals surface area contributed by atoms with Crippen molar-refractivity contribution in [2.75, 3.05) is 13.2 Å². The highest BCUT2D eigenvalue weighted by atomic mass is 16.6. The van der Waals surface area contributed by atoms with Crippen LogP contribution in [0, 0.1) is 82.9 Å². The first-order valence-corrected chi connectivity index (χ1v) is 15.6. The Bertz CT molecular complexity index is 933. The van der Waals surface area contributed by atoms with E-state index in [9.17, 15) is 9.59 Å². The van der Waals surface area contributed by atoms with Crippen LogP contribution >= 0.6 is 0 Å². The van der Waals surface area contributed by atoms with E-state index >= 15 is 0 Å². The Kier molecular flexibility index (Phi) is 13.1. The molecule has 1 heterocycles. The zero-order chi connectivity index (χ0) is 25.8. The zero-order valence-electron chi connectivity index (χ0n) is 23.6. The van der Waals surface area contributed by atoms with Crippen LogP contribution in [0.1, 0.15) is 124 Å². The van der Waals surface area contributed by atoms with Crippen LogP contribution in [0.15, 0.2) is 0 Å². The average molecular weight is 609 g/mol. The van der Waals surface area contributed by atoms with Gasteiger partial charge in [0, 0.05) is 0 Å². The Morgan fingerprint density at radius 3 is 1.74 bits per heavy atom. The molecule has 15 atom stereocenters. The van der Waals surface area contributed by atoms with E-state index in [4.69, 9.17) is 14.2 Å². The molecule has 15 unspecified atom stereocenters. The number of fused-ring (bicyclic) bond motifs is 6. The molecule has 6 aliphatic carbocycles. The fourth-order valence-electron chi connectivity index (χ4n) is 11.5. The molecule has 6 bridgehead atoms. The highest BCUT2D eigenvalue weighted by Crippen LogP contribution is 2.71. The molecule has 0 radical (unpaired) electrons. The van der Waals surface area contributed by atoms with E-state index in [0.717, 1.165) is 43.1 Å². The van der Waals surface area contributed by atoms with Crippen molar-refractivity contribution in [3.05, 3.63) is 0 Å². The van der Waals surface area contributed by atoms with Gasteiger partial charge in [-0.15, -0.1) is 0 Å². The number of carbonyl (C=O) groups is 2. The lowest BCUT2D eigenvalue weighted by atomic mass is 9.55. The number of ether oxygens (including phenoxy) is 3. The maximum atomic E-state index is 13.4. The largest absolute Gasteiger partial charge is 0.463 e.